The lowest BCUT2D eigenvalue weighted by molar-refractivity contribution is 0.0696. The summed E-state index contributed by atoms with van der Waals surface area (Å²) in [7, 11) is 0. The van der Waals surface area contributed by atoms with Gasteiger partial charge in [-0.05, 0) is 31.2 Å². The normalized spacial score (nSPS) is 20.4. The van der Waals surface area contributed by atoms with Crippen molar-refractivity contribution in [2.24, 2.45) is 0 Å². The van der Waals surface area contributed by atoms with Gasteiger partial charge in [-0.15, -0.1) is 0 Å². The molecule has 0 amide bonds. The first-order chi connectivity index (χ1) is 8.19. The molecule has 2 rings (SSSR count). The molecule has 1 saturated heterocycles. The van der Waals surface area contributed by atoms with Crippen molar-refractivity contribution in [1.29, 1.82) is 0 Å². The second-order valence-electron chi connectivity index (χ2n) is 4.25. The molecule has 1 aromatic rings. The van der Waals surface area contributed by atoms with Crippen LogP contribution in [0.1, 0.15) is 23.7 Å². The Balaban J connectivity index is 1.99. The number of ether oxygens (including phenoxy) is 1. The largest absolute Gasteiger partial charge is 0.489 e. The summed E-state index contributed by atoms with van der Waals surface area (Å²) in [5.74, 6) is -0.273. The Bertz CT molecular complexity index is 405. The smallest absolute Gasteiger partial charge is 0.335 e. The van der Waals surface area contributed by atoms with Crippen molar-refractivity contribution in [2.45, 2.75) is 19.4 Å². The molecule has 92 valence electrons. The van der Waals surface area contributed by atoms with Gasteiger partial charge in [0.05, 0.1) is 5.56 Å². The summed E-state index contributed by atoms with van der Waals surface area (Å²) in [4.78, 5) is 13.2. The average Bonchev–Trinajstić information content (AvgIpc) is 2.77. The van der Waals surface area contributed by atoms with Gasteiger partial charge in [-0.2, -0.15) is 0 Å². The molecule has 4 heteroatoms. The molecular formula is C13H17NO3. The van der Waals surface area contributed by atoms with Crippen molar-refractivity contribution in [3.8, 4) is 5.75 Å². The SMILES string of the molecule is CCN1CCC(Oc2cccc(C(=O)O)c2)C1. The molecule has 1 heterocycles. The lowest BCUT2D eigenvalue weighted by Crippen LogP contribution is -2.24. The Kier molecular flexibility index (Phi) is 3.64. The van der Waals surface area contributed by atoms with Crippen LogP contribution in [0.3, 0.4) is 0 Å². The highest BCUT2D eigenvalue weighted by Gasteiger charge is 2.22. The van der Waals surface area contributed by atoms with E-state index < -0.39 is 5.97 Å². The molecule has 1 unspecified atom stereocenters. The number of rotatable bonds is 4. The molecule has 1 N–H and O–H groups in total. The minimum Gasteiger partial charge on any atom is -0.489 e. The first kappa shape index (κ1) is 11.9. The third-order valence-corrected chi connectivity index (χ3v) is 3.06. The summed E-state index contributed by atoms with van der Waals surface area (Å²) >= 11 is 0. The number of carboxylic acids is 1. The molecule has 4 nitrogen and oxygen atoms in total. The Morgan fingerprint density at radius 2 is 2.41 bits per heavy atom. The van der Waals surface area contributed by atoms with Crippen molar-refractivity contribution in [3.05, 3.63) is 29.8 Å². The molecule has 0 radical (unpaired) electrons. The number of benzene rings is 1. The summed E-state index contributed by atoms with van der Waals surface area (Å²) in [5, 5.41) is 8.89. The number of carboxylic acid groups (broad SMARTS) is 1. The van der Waals surface area contributed by atoms with Crippen LogP contribution in [0.4, 0.5) is 0 Å². The van der Waals surface area contributed by atoms with Crippen molar-refractivity contribution >= 4 is 5.97 Å². The second-order valence-corrected chi connectivity index (χ2v) is 4.25. The zero-order valence-corrected chi connectivity index (χ0v) is 9.93. The Morgan fingerprint density at radius 1 is 1.59 bits per heavy atom. The number of aromatic carboxylic acids is 1. The molecule has 1 atom stereocenters. The molecule has 0 aromatic heterocycles. The lowest BCUT2D eigenvalue weighted by Gasteiger charge is -2.15. The van der Waals surface area contributed by atoms with Crippen molar-refractivity contribution in [3.63, 3.8) is 0 Å². The van der Waals surface area contributed by atoms with E-state index in [9.17, 15) is 4.79 Å². The van der Waals surface area contributed by atoms with Crippen LogP contribution in [0.5, 0.6) is 5.75 Å². The minimum absolute atomic E-state index is 0.180. The maximum absolute atomic E-state index is 10.8. The van der Waals surface area contributed by atoms with E-state index in [1.807, 2.05) is 0 Å². The van der Waals surface area contributed by atoms with E-state index >= 15 is 0 Å². The number of carbonyl (C=O) groups is 1. The van der Waals surface area contributed by atoms with Gasteiger partial charge in [0.1, 0.15) is 11.9 Å². The fourth-order valence-electron chi connectivity index (χ4n) is 2.08. The second kappa shape index (κ2) is 5.19. The first-order valence-corrected chi connectivity index (χ1v) is 5.91. The Hall–Kier alpha value is -1.55. The standard InChI is InChI=1S/C13H17NO3/c1-2-14-7-6-12(9-14)17-11-5-3-4-10(8-11)13(15)16/h3-5,8,12H,2,6-7,9H2,1H3,(H,15,16). The van der Waals surface area contributed by atoms with Crippen LogP contribution in [0.2, 0.25) is 0 Å². The van der Waals surface area contributed by atoms with Crippen molar-refractivity contribution in [2.75, 3.05) is 19.6 Å². The molecular weight excluding hydrogens is 218 g/mol. The molecule has 1 aromatic carbocycles. The Labute approximate surface area is 101 Å². The molecule has 1 aliphatic rings. The topological polar surface area (TPSA) is 49.8 Å². The first-order valence-electron chi connectivity index (χ1n) is 5.91. The number of nitrogens with zero attached hydrogens (tertiary/aromatic N) is 1. The van der Waals surface area contributed by atoms with E-state index in [0.29, 0.717) is 5.75 Å². The van der Waals surface area contributed by atoms with E-state index in [1.165, 1.54) is 0 Å². The van der Waals surface area contributed by atoms with Crippen LogP contribution in [0.25, 0.3) is 0 Å². The fraction of sp³-hybridized carbons (Fsp3) is 0.462. The summed E-state index contributed by atoms with van der Waals surface area (Å²) < 4.78 is 5.79. The highest BCUT2D eigenvalue weighted by molar-refractivity contribution is 5.87. The van der Waals surface area contributed by atoms with Gasteiger partial charge in [-0.1, -0.05) is 13.0 Å². The predicted octanol–water partition coefficient (Wildman–Crippen LogP) is 1.86. The van der Waals surface area contributed by atoms with E-state index in [1.54, 1.807) is 24.3 Å². The third kappa shape index (κ3) is 2.97. The average molecular weight is 235 g/mol. The third-order valence-electron chi connectivity index (χ3n) is 3.06. The van der Waals surface area contributed by atoms with Gasteiger partial charge in [-0.25, -0.2) is 4.79 Å². The monoisotopic (exact) mass is 235 g/mol. The highest BCUT2D eigenvalue weighted by atomic mass is 16.5. The van der Waals surface area contributed by atoms with Gasteiger partial charge in [-0.3, -0.25) is 4.90 Å². The van der Waals surface area contributed by atoms with Crippen LogP contribution < -0.4 is 4.74 Å². The van der Waals surface area contributed by atoms with Gasteiger partial charge < -0.3 is 9.84 Å². The number of likely N-dealkylation sites (N-methyl/N-ethyl adjacent to an activating group) is 1. The van der Waals surface area contributed by atoms with Gasteiger partial charge in [0.2, 0.25) is 0 Å². The molecule has 0 saturated carbocycles. The van der Waals surface area contributed by atoms with E-state index in [-0.39, 0.29) is 11.7 Å². The van der Waals surface area contributed by atoms with Gasteiger partial charge in [0, 0.05) is 13.1 Å². The molecule has 0 aliphatic carbocycles. The van der Waals surface area contributed by atoms with Crippen LogP contribution in [0, 0.1) is 0 Å². The van der Waals surface area contributed by atoms with Gasteiger partial charge >= 0.3 is 5.97 Å². The van der Waals surface area contributed by atoms with Crippen LogP contribution in [-0.2, 0) is 0 Å². The van der Waals surface area contributed by atoms with Crippen LogP contribution >= 0.6 is 0 Å². The maximum atomic E-state index is 10.8. The van der Waals surface area contributed by atoms with E-state index in [0.717, 1.165) is 26.1 Å². The molecule has 17 heavy (non-hydrogen) atoms. The highest BCUT2D eigenvalue weighted by Crippen LogP contribution is 2.19. The van der Waals surface area contributed by atoms with Gasteiger partial charge in [0.15, 0.2) is 0 Å². The quantitative estimate of drug-likeness (QED) is 0.865. The number of likely N-dealkylation sites (tertiary alicyclic amines) is 1. The lowest BCUT2D eigenvalue weighted by atomic mass is 10.2. The minimum atomic E-state index is -0.919. The maximum Gasteiger partial charge on any atom is 0.335 e. The molecule has 1 fully saturated rings. The predicted molar refractivity (Wildman–Crippen MR) is 64.5 cm³/mol. The van der Waals surface area contributed by atoms with Crippen LogP contribution in [0.15, 0.2) is 24.3 Å². The van der Waals surface area contributed by atoms with E-state index in [4.69, 9.17) is 9.84 Å². The molecule has 0 bridgehead atoms. The van der Waals surface area contributed by atoms with Gasteiger partial charge in [0.25, 0.3) is 0 Å². The fourth-order valence-corrected chi connectivity index (χ4v) is 2.08. The summed E-state index contributed by atoms with van der Waals surface area (Å²) in [5.41, 5.74) is 0.271. The molecule has 0 spiro atoms. The van der Waals surface area contributed by atoms with Crippen molar-refractivity contribution in [1.82, 2.24) is 4.90 Å². The summed E-state index contributed by atoms with van der Waals surface area (Å²) in [6.07, 6.45) is 1.18. The number of hydrogen-bond acceptors (Lipinski definition) is 3. The zero-order chi connectivity index (χ0) is 12.3. The number of hydrogen-bond donors (Lipinski definition) is 1. The summed E-state index contributed by atoms with van der Waals surface area (Å²) in [6.45, 7) is 5.15. The molecule has 1 aliphatic heterocycles. The van der Waals surface area contributed by atoms with Crippen molar-refractivity contribution < 1.29 is 14.6 Å². The van der Waals surface area contributed by atoms with E-state index in [2.05, 4.69) is 11.8 Å². The Morgan fingerprint density at radius 3 is 3.06 bits per heavy atom. The van der Waals surface area contributed by atoms with Crippen LogP contribution in [-0.4, -0.2) is 41.7 Å². The summed E-state index contributed by atoms with van der Waals surface area (Å²) in [6, 6.07) is 6.67. The zero-order valence-electron chi connectivity index (χ0n) is 9.93.